The Morgan fingerprint density at radius 2 is 1.91 bits per heavy atom. The molecule has 1 amide bonds. The van der Waals surface area contributed by atoms with Gasteiger partial charge in [-0.3, -0.25) is 14.1 Å². The summed E-state index contributed by atoms with van der Waals surface area (Å²) in [7, 11) is -2.39. The first kappa shape index (κ1) is 35.9. The number of halogens is 3. The second kappa shape index (κ2) is 15.3. The zero-order chi connectivity index (χ0) is 34.4. The lowest BCUT2D eigenvalue weighted by Gasteiger charge is -2.26. The maximum Gasteiger partial charge on any atom is 0.416 e. The van der Waals surface area contributed by atoms with Crippen LogP contribution in [-0.2, 0) is 22.7 Å². The van der Waals surface area contributed by atoms with E-state index in [1.165, 1.54) is 37.5 Å². The molecule has 2 aromatic heterocycles. The molecule has 4 rings (SSSR count). The number of benzene rings is 1. The highest BCUT2D eigenvalue weighted by Crippen LogP contribution is 2.37. The van der Waals surface area contributed by atoms with Crippen molar-refractivity contribution in [1.29, 1.82) is 0 Å². The van der Waals surface area contributed by atoms with E-state index in [-0.39, 0.29) is 31.1 Å². The van der Waals surface area contributed by atoms with Crippen LogP contribution in [0.4, 0.5) is 24.8 Å². The predicted molar refractivity (Wildman–Crippen MR) is 173 cm³/mol. The number of alkyl halides is 3. The molecule has 2 heterocycles. The van der Waals surface area contributed by atoms with E-state index in [1.54, 1.807) is 32.2 Å². The molecule has 1 saturated carbocycles. The van der Waals surface area contributed by atoms with Crippen molar-refractivity contribution in [3.63, 3.8) is 0 Å². The van der Waals surface area contributed by atoms with Gasteiger partial charge >= 0.3 is 6.18 Å². The molecule has 0 aliphatic heterocycles. The summed E-state index contributed by atoms with van der Waals surface area (Å²) >= 11 is 0. The second-order valence-electron chi connectivity index (χ2n) is 12.0. The molecule has 0 radical (unpaired) electrons. The molecule has 0 unspecified atom stereocenters. The molecule has 0 spiro atoms. The van der Waals surface area contributed by atoms with E-state index in [9.17, 15) is 31.5 Å². The first-order chi connectivity index (χ1) is 22.1. The van der Waals surface area contributed by atoms with Crippen LogP contribution in [0.3, 0.4) is 0 Å². The van der Waals surface area contributed by atoms with E-state index < -0.39 is 45.1 Å². The summed E-state index contributed by atoms with van der Waals surface area (Å²) in [5.74, 6) is 1.14. The molecule has 1 aliphatic rings. The second-order valence-corrected chi connectivity index (χ2v) is 14.5. The summed E-state index contributed by atoms with van der Waals surface area (Å²) in [5.41, 5.74) is -0.316. The Labute approximate surface area is 273 Å². The fraction of sp³-hybridized carbons (Fsp3) is 0.469. The number of carbonyl (C=O) groups excluding carboxylic acids is 1. The Bertz CT molecular complexity index is 1610. The summed E-state index contributed by atoms with van der Waals surface area (Å²) in [4.78, 5) is 22.1. The van der Waals surface area contributed by atoms with Crippen molar-refractivity contribution >= 4 is 27.6 Å². The first-order valence-corrected chi connectivity index (χ1v) is 16.8. The third-order valence-corrected chi connectivity index (χ3v) is 10.1. The normalized spacial score (nSPS) is 17.6. The maximum atomic E-state index is 13.7. The minimum Gasteiger partial charge on any atom is -0.490 e. The highest BCUT2D eigenvalue weighted by molar-refractivity contribution is 7.93. The number of amides is 1. The van der Waals surface area contributed by atoms with Crippen LogP contribution in [0, 0.1) is 11.8 Å². The van der Waals surface area contributed by atoms with Gasteiger partial charge in [-0.1, -0.05) is 25.1 Å². The zero-order valence-electron chi connectivity index (χ0n) is 26.7. The number of nitrogens with zero attached hydrogens (tertiary/aromatic N) is 3. The van der Waals surface area contributed by atoms with Crippen LogP contribution < -0.4 is 25.0 Å². The molecule has 0 bridgehead atoms. The highest BCUT2D eigenvalue weighted by atomic mass is 32.2. The molecular formula is C32H41F3N6O5S. The molecular weight excluding hydrogens is 637 g/mol. The van der Waals surface area contributed by atoms with Gasteiger partial charge in [-0.25, -0.2) is 13.4 Å². The standard InChI is InChI=1S/C32H41F3N6O5S/c1-20(2)47(44,45)41(4)30-14-23(13-29(40-30)38-16-24-11-21(24)3)31(43)39-27(19-46-26-9-6-10-36-17-26)28(42)18-37-15-22-7-5-8-25(12-22)32(33,34)35/h5-10,12-14,17,20-21,24,27-28,37,42H,11,15-16,18-19H2,1-4H3,(H,38,40)(H,39,43)/t21-,24+,27-,28+/m0/s1. The first-order valence-electron chi connectivity index (χ1n) is 15.3. The average molecular weight is 679 g/mol. The smallest absolute Gasteiger partial charge is 0.416 e. The number of aliphatic hydroxyl groups is 1. The van der Waals surface area contributed by atoms with Crippen molar-refractivity contribution in [2.45, 2.75) is 57.3 Å². The van der Waals surface area contributed by atoms with Crippen LogP contribution in [0.15, 0.2) is 60.9 Å². The van der Waals surface area contributed by atoms with Crippen molar-refractivity contribution in [2.24, 2.45) is 11.8 Å². The molecule has 1 fully saturated rings. The van der Waals surface area contributed by atoms with Gasteiger partial charge in [-0.05, 0) is 68.0 Å². The van der Waals surface area contributed by atoms with Gasteiger partial charge in [-0.2, -0.15) is 13.2 Å². The number of rotatable bonds is 16. The minimum atomic E-state index is -4.49. The van der Waals surface area contributed by atoms with Crippen molar-refractivity contribution in [3.05, 3.63) is 77.6 Å². The molecule has 1 aromatic carbocycles. The van der Waals surface area contributed by atoms with E-state index in [0.29, 0.717) is 35.5 Å². The molecule has 4 atom stereocenters. The molecule has 15 heteroatoms. The largest absolute Gasteiger partial charge is 0.490 e. The van der Waals surface area contributed by atoms with Gasteiger partial charge < -0.3 is 25.8 Å². The number of nitrogens with one attached hydrogen (secondary N) is 3. The summed E-state index contributed by atoms with van der Waals surface area (Å²) in [6.07, 6.45) is -1.64. The third kappa shape index (κ3) is 10.0. The summed E-state index contributed by atoms with van der Waals surface area (Å²) < 4.78 is 72.1. The van der Waals surface area contributed by atoms with Gasteiger partial charge in [0.25, 0.3) is 5.91 Å². The van der Waals surface area contributed by atoms with Crippen LogP contribution in [0.5, 0.6) is 5.75 Å². The number of pyridine rings is 2. The summed E-state index contributed by atoms with van der Waals surface area (Å²) in [5, 5.41) is 19.3. The van der Waals surface area contributed by atoms with Gasteiger partial charge in [0.15, 0.2) is 0 Å². The van der Waals surface area contributed by atoms with Crippen molar-refractivity contribution < 1.29 is 36.2 Å². The van der Waals surface area contributed by atoms with E-state index in [4.69, 9.17) is 4.74 Å². The Hall–Kier alpha value is -3.95. The van der Waals surface area contributed by atoms with Crippen LogP contribution >= 0.6 is 0 Å². The Morgan fingerprint density at radius 3 is 2.55 bits per heavy atom. The van der Waals surface area contributed by atoms with Gasteiger partial charge in [0.1, 0.15) is 24.0 Å². The van der Waals surface area contributed by atoms with Crippen LogP contribution in [0.25, 0.3) is 0 Å². The van der Waals surface area contributed by atoms with Crippen LogP contribution in [0.2, 0.25) is 0 Å². The summed E-state index contributed by atoms with van der Waals surface area (Å²) in [6.45, 7) is 5.60. The Kier molecular flexibility index (Phi) is 11.7. The zero-order valence-corrected chi connectivity index (χ0v) is 27.5. The number of aliphatic hydroxyl groups excluding tert-OH is 1. The van der Waals surface area contributed by atoms with Crippen molar-refractivity contribution in [1.82, 2.24) is 20.6 Å². The number of carbonyl (C=O) groups is 1. The fourth-order valence-electron chi connectivity index (χ4n) is 4.75. The molecule has 4 N–H and O–H groups in total. The molecule has 11 nitrogen and oxygen atoms in total. The maximum absolute atomic E-state index is 13.7. The lowest BCUT2D eigenvalue weighted by atomic mass is 10.1. The number of anilines is 2. The number of hydrogen-bond acceptors (Lipinski definition) is 9. The van der Waals surface area contributed by atoms with E-state index in [2.05, 4.69) is 32.8 Å². The average Bonchev–Trinajstić information content (AvgIpc) is 3.75. The molecule has 1 aliphatic carbocycles. The van der Waals surface area contributed by atoms with Gasteiger partial charge in [0, 0.05) is 38.4 Å². The Morgan fingerprint density at radius 1 is 1.17 bits per heavy atom. The minimum absolute atomic E-state index is 0.0319. The predicted octanol–water partition coefficient (Wildman–Crippen LogP) is 4.07. The van der Waals surface area contributed by atoms with Gasteiger partial charge in [0.05, 0.1) is 29.2 Å². The van der Waals surface area contributed by atoms with E-state index in [0.717, 1.165) is 22.9 Å². The SMILES string of the molecule is CC(C)S(=O)(=O)N(C)c1cc(C(=O)N[C@@H](COc2cccnc2)[C@H](O)CNCc2cccc(C(F)(F)F)c2)cc(NC[C@H]2C[C@@H]2C)n1. The summed E-state index contributed by atoms with van der Waals surface area (Å²) in [6, 6.07) is 10.0. The molecule has 47 heavy (non-hydrogen) atoms. The fourth-order valence-corrected chi connectivity index (χ4v) is 5.73. The van der Waals surface area contributed by atoms with Crippen molar-refractivity contribution in [3.8, 4) is 5.75 Å². The topological polar surface area (TPSA) is 146 Å². The number of hydrogen-bond donors (Lipinski definition) is 4. The number of ether oxygens (including phenoxy) is 1. The van der Waals surface area contributed by atoms with Crippen LogP contribution in [-0.4, -0.2) is 73.5 Å². The molecule has 3 aromatic rings. The van der Waals surface area contributed by atoms with Gasteiger partial charge in [0.2, 0.25) is 10.0 Å². The number of sulfonamides is 1. The van der Waals surface area contributed by atoms with E-state index >= 15 is 0 Å². The monoisotopic (exact) mass is 678 g/mol. The lowest BCUT2D eigenvalue weighted by Crippen LogP contribution is -2.50. The lowest BCUT2D eigenvalue weighted by molar-refractivity contribution is -0.137. The van der Waals surface area contributed by atoms with Crippen molar-refractivity contribution in [2.75, 3.05) is 36.4 Å². The van der Waals surface area contributed by atoms with Crippen LogP contribution in [0.1, 0.15) is 48.7 Å². The third-order valence-electron chi connectivity index (χ3n) is 7.98. The Balaban J connectivity index is 1.53. The number of aromatic nitrogens is 2. The molecule has 0 saturated heterocycles. The highest BCUT2D eigenvalue weighted by Gasteiger charge is 2.33. The molecule has 256 valence electrons. The quantitative estimate of drug-likeness (QED) is 0.176. The van der Waals surface area contributed by atoms with E-state index in [1.807, 2.05) is 0 Å². The van der Waals surface area contributed by atoms with Gasteiger partial charge in [-0.15, -0.1) is 0 Å².